The van der Waals surface area contributed by atoms with Gasteiger partial charge in [0.15, 0.2) is 5.75 Å². The molecule has 3 nitrogen and oxygen atoms in total. The Morgan fingerprint density at radius 1 is 1.21 bits per heavy atom. The SMILES string of the molecule is Cc1cc(Cl)c(OS(C)(=O)=O)c(Cl)c1. The second kappa shape index (κ2) is 3.96. The minimum atomic E-state index is -3.60. The number of hydrogen-bond donors (Lipinski definition) is 0. The van der Waals surface area contributed by atoms with Gasteiger partial charge in [0.25, 0.3) is 0 Å². The van der Waals surface area contributed by atoms with Crippen molar-refractivity contribution in [2.75, 3.05) is 6.26 Å². The molecule has 0 saturated carbocycles. The topological polar surface area (TPSA) is 43.4 Å². The molecular weight excluding hydrogens is 247 g/mol. The fraction of sp³-hybridized carbons (Fsp3) is 0.250. The normalized spacial score (nSPS) is 11.4. The van der Waals surface area contributed by atoms with E-state index in [1.807, 2.05) is 0 Å². The van der Waals surface area contributed by atoms with Crippen LogP contribution in [0.2, 0.25) is 10.0 Å². The molecule has 1 rings (SSSR count). The molecule has 78 valence electrons. The predicted molar refractivity (Wildman–Crippen MR) is 56.7 cm³/mol. The summed E-state index contributed by atoms with van der Waals surface area (Å²) in [5.41, 5.74) is 0.834. The van der Waals surface area contributed by atoms with Crippen molar-refractivity contribution in [1.82, 2.24) is 0 Å². The maximum atomic E-state index is 10.9. The average molecular weight is 255 g/mol. The summed E-state index contributed by atoms with van der Waals surface area (Å²) in [7, 11) is -3.60. The van der Waals surface area contributed by atoms with Crippen LogP contribution in [0, 0.1) is 6.92 Å². The Labute approximate surface area is 92.7 Å². The monoisotopic (exact) mass is 254 g/mol. The van der Waals surface area contributed by atoms with Crippen LogP contribution in [0.15, 0.2) is 12.1 Å². The number of halogens is 2. The molecule has 0 amide bonds. The molecule has 0 bridgehead atoms. The van der Waals surface area contributed by atoms with Crippen molar-refractivity contribution in [1.29, 1.82) is 0 Å². The molecule has 0 fully saturated rings. The molecule has 0 aliphatic rings. The van der Waals surface area contributed by atoms with Crippen molar-refractivity contribution < 1.29 is 12.6 Å². The Morgan fingerprint density at radius 2 is 1.64 bits per heavy atom. The molecule has 1 aromatic rings. The lowest BCUT2D eigenvalue weighted by Gasteiger charge is -2.07. The van der Waals surface area contributed by atoms with Gasteiger partial charge < -0.3 is 4.18 Å². The molecule has 0 aliphatic carbocycles. The first-order chi connectivity index (χ1) is 6.29. The standard InChI is InChI=1S/C8H8Cl2O3S/c1-5-3-6(9)8(7(10)4-5)13-14(2,11)12/h3-4H,1-2H3. The fourth-order valence-corrected chi connectivity index (χ4v) is 2.16. The number of benzene rings is 1. The quantitative estimate of drug-likeness (QED) is 0.763. The van der Waals surface area contributed by atoms with Crippen LogP contribution >= 0.6 is 23.2 Å². The zero-order valence-electron chi connectivity index (χ0n) is 7.54. The van der Waals surface area contributed by atoms with E-state index in [9.17, 15) is 8.42 Å². The minimum absolute atomic E-state index is 0.0265. The summed E-state index contributed by atoms with van der Waals surface area (Å²) in [5, 5.41) is 0.362. The Morgan fingerprint density at radius 3 is 2.00 bits per heavy atom. The van der Waals surface area contributed by atoms with Gasteiger partial charge in [-0.05, 0) is 24.6 Å². The van der Waals surface area contributed by atoms with E-state index in [-0.39, 0.29) is 15.8 Å². The summed E-state index contributed by atoms with van der Waals surface area (Å²) in [6.07, 6.45) is 0.930. The molecule has 0 aliphatic heterocycles. The van der Waals surface area contributed by atoms with Crippen LogP contribution in [0.4, 0.5) is 0 Å². The van der Waals surface area contributed by atoms with Gasteiger partial charge >= 0.3 is 10.1 Å². The van der Waals surface area contributed by atoms with Crippen LogP contribution in [0.1, 0.15) is 5.56 Å². The zero-order valence-corrected chi connectivity index (χ0v) is 9.87. The van der Waals surface area contributed by atoms with Crippen LogP contribution in [-0.4, -0.2) is 14.7 Å². The van der Waals surface area contributed by atoms with Gasteiger partial charge in [-0.2, -0.15) is 8.42 Å². The van der Waals surface area contributed by atoms with E-state index in [1.54, 1.807) is 19.1 Å². The molecule has 0 spiro atoms. The van der Waals surface area contributed by atoms with Crippen molar-refractivity contribution in [2.24, 2.45) is 0 Å². The molecule has 14 heavy (non-hydrogen) atoms. The Balaban J connectivity index is 3.22. The maximum absolute atomic E-state index is 10.9. The minimum Gasteiger partial charge on any atom is -0.379 e. The molecule has 0 saturated heterocycles. The Hall–Kier alpha value is -0.450. The third-order valence-electron chi connectivity index (χ3n) is 1.38. The van der Waals surface area contributed by atoms with E-state index >= 15 is 0 Å². The van der Waals surface area contributed by atoms with Crippen molar-refractivity contribution in [3.63, 3.8) is 0 Å². The first-order valence-corrected chi connectivity index (χ1v) is 6.22. The summed E-state index contributed by atoms with van der Waals surface area (Å²) in [4.78, 5) is 0. The number of aryl methyl sites for hydroxylation is 1. The van der Waals surface area contributed by atoms with E-state index in [2.05, 4.69) is 4.18 Å². The first-order valence-electron chi connectivity index (χ1n) is 3.65. The highest BCUT2D eigenvalue weighted by atomic mass is 35.5. The number of rotatable bonds is 2. The fourth-order valence-electron chi connectivity index (χ4n) is 0.918. The summed E-state index contributed by atoms with van der Waals surface area (Å²) in [5.74, 6) is -0.0265. The summed E-state index contributed by atoms with van der Waals surface area (Å²) in [6.45, 7) is 1.79. The third kappa shape index (κ3) is 3.04. The van der Waals surface area contributed by atoms with Crippen molar-refractivity contribution >= 4 is 33.3 Å². The molecule has 0 radical (unpaired) electrons. The Kier molecular flexibility index (Phi) is 3.29. The summed E-state index contributed by atoms with van der Waals surface area (Å²) >= 11 is 11.5. The smallest absolute Gasteiger partial charge is 0.306 e. The molecule has 0 atom stereocenters. The lowest BCUT2D eigenvalue weighted by atomic mass is 10.2. The average Bonchev–Trinajstić information content (AvgIpc) is 1.95. The van der Waals surface area contributed by atoms with Gasteiger partial charge in [-0.25, -0.2) is 0 Å². The van der Waals surface area contributed by atoms with E-state index in [4.69, 9.17) is 23.2 Å². The van der Waals surface area contributed by atoms with Gasteiger partial charge in [0.2, 0.25) is 0 Å². The van der Waals surface area contributed by atoms with E-state index in [0.29, 0.717) is 0 Å². The lowest BCUT2D eigenvalue weighted by molar-refractivity contribution is 0.493. The van der Waals surface area contributed by atoms with Gasteiger partial charge in [0.1, 0.15) is 0 Å². The highest BCUT2D eigenvalue weighted by Gasteiger charge is 2.13. The molecular formula is C8H8Cl2O3S. The first kappa shape index (κ1) is 11.6. The van der Waals surface area contributed by atoms with Crippen LogP contribution in [-0.2, 0) is 10.1 Å². The van der Waals surface area contributed by atoms with Crippen molar-refractivity contribution in [3.8, 4) is 5.75 Å². The maximum Gasteiger partial charge on any atom is 0.306 e. The van der Waals surface area contributed by atoms with Crippen LogP contribution < -0.4 is 4.18 Å². The second-order valence-electron chi connectivity index (χ2n) is 2.85. The van der Waals surface area contributed by atoms with E-state index < -0.39 is 10.1 Å². The molecule has 0 heterocycles. The van der Waals surface area contributed by atoms with Crippen molar-refractivity contribution in [3.05, 3.63) is 27.7 Å². The summed E-state index contributed by atoms with van der Waals surface area (Å²) in [6, 6.07) is 3.15. The third-order valence-corrected chi connectivity index (χ3v) is 2.41. The van der Waals surface area contributed by atoms with Crippen LogP contribution in [0.25, 0.3) is 0 Å². The van der Waals surface area contributed by atoms with Crippen LogP contribution in [0.3, 0.4) is 0 Å². The number of hydrogen-bond acceptors (Lipinski definition) is 3. The van der Waals surface area contributed by atoms with Gasteiger partial charge in [-0.3, -0.25) is 0 Å². The highest BCUT2D eigenvalue weighted by Crippen LogP contribution is 2.34. The summed E-state index contributed by atoms with van der Waals surface area (Å²) < 4.78 is 26.3. The molecule has 0 unspecified atom stereocenters. The highest BCUT2D eigenvalue weighted by molar-refractivity contribution is 7.86. The van der Waals surface area contributed by atoms with Crippen LogP contribution in [0.5, 0.6) is 5.75 Å². The van der Waals surface area contributed by atoms with Gasteiger partial charge in [-0.1, -0.05) is 23.2 Å². The molecule has 0 N–H and O–H groups in total. The van der Waals surface area contributed by atoms with E-state index in [1.165, 1.54) is 0 Å². The van der Waals surface area contributed by atoms with Gasteiger partial charge in [0, 0.05) is 0 Å². The molecule has 0 aromatic heterocycles. The largest absolute Gasteiger partial charge is 0.379 e. The second-order valence-corrected chi connectivity index (χ2v) is 5.23. The van der Waals surface area contributed by atoms with E-state index in [0.717, 1.165) is 11.8 Å². The lowest BCUT2D eigenvalue weighted by Crippen LogP contribution is -2.06. The molecule has 6 heteroatoms. The predicted octanol–water partition coefficient (Wildman–Crippen LogP) is 2.64. The van der Waals surface area contributed by atoms with Crippen molar-refractivity contribution in [2.45, 2.75) is 6.92 Å². The van der Waals surface area contributed by atoms with Gasteiger partial charge in [0.05, 0.1) is 16.3 Å². The molecule has 1 aromatic carbocycles. The van der Waals surface area contributed by atoms with Gasteiger partial charge in [-0.15, -0.1) is 0 Å². The zero-order chi connectivity index (χ0) is 10.9. The Bertz CT molecular complexity index is 431.